The summed E-state index contributed by atoms with van der Waals surface area (Å²) in [5.41, 5.74) is 0. The number of aliphatic hydroxyl groups excluding tert-OH is 1. The van der Waals surface area contributed by atoms with Crippen LogP contribution < -0.4 is 4.72 Å². The lowest BCUT2D eigenvalue weighted by Crippen LogP contribution is -2.34. The molecule has 0 heterocycles. The quantitative estimate of drug-likeness (QED) is 0.596. The van der Waals surface area contributed by atoms with E-state index in [0.717, 1.165) is 0 Å². The molecule has 0 aromatic heterocycles. The summed E-state index contributed by atoms with van der Waals surface area (Å²) in [6.45, 7) is 1.56. The second kappa shape index (κ2) is 5.09. The van der Waals surface area contributed by atoms with Gasteiger partial charge in [0.2, 0.25) is 10.0 Å². The molecule has 0 radical (unpaired) electrons. The molecule has 12 heavy (non-hydrogen) atoms. The average Bonchev–Trinajstić information content (AvgIpc) is 1.85. The molecule has 0 aliphatic carbocycles. The third-order valence-corrected chi connectivity index (χ3v) is 2.47. The standard InChI is InChI=1S/C6H12N2O3S/c1-6(2-4-9)8-12(10,11)5-3-7/h6,8-9H,2,4-5H2,1H3. The van der Waals surface area contributed by atoms with Gasteiger partial charge in [-0.05, 0) is 13.3 Å². The maximum atomic E-state index is 10.9. The second-order valence-corrected chi connectivity index (χ2v) is 4.20. The number of rotatable bonds is 5. The first kappa shape index (κ1) is 11.4. The molecule has 0 fully saturated rings. The molecule has 1 atom stereocenters. The minimum atomic E-state index is -3.48. The van der Waals surface area contributed by atoms with Crippen molar-refractivity contribution in [2.45, 2.75) is 19.4 Å². The lowest BCUT2D eigenvalue weighted by molar-refractivity contribution is 0.275. The molecular formula is C6H12N2O3S. The van der Waals surface area contributed by atoms with Crippen LogP contribution in [0.25, 0.3) is 0 Å². The molecule has 6 heteroatoms. The number of nitriles is 1. The Bertz CT molecular complexity index is 254. The van der Waals surface area contributed by atoms with Crippen LogP contribution in [0.3, 0.4) is 0 Å². The van der Waals surface area contributed by atoms with Gasteiger partial charge in [-0.1, -0.05) is 0 Å². The van der Waals surface area contributed by atoms with Crippen LogP contribution in [-0.2, 0) is 10.0 Å². The number of hydrogen-bond donors (Lipinski definition) is 2. The van der Waals surface area contributed by atoms with Gasteiger partial charge in [-0.25, -0.2) is 13.1 Å². The van der Waals surface area contributed by atoms with E-state index in [9.17, 15) is 8.42 Å². The average molecular weight is 192 g/mol. The predicted octanol–water partition coefficient (Wildman–Crippen LogP) is -0.800. The Morgan fingerprint density at radius 2 is 2.25 bits per heavy atom. The van der Waals surface area contributed by atoms with Crippen LogP contribution in [0.2, 0.25) is 0 Å². The molecule has 0 aromatic carbocycles. The minimum Gasteiger partial charge on any atom is -0.396 e. The van der Waals surface area contributed by atoms with Gasteiger partial charge in [0, 0.05) is 12.6 Å². The normalized spacial score (nSPS) is 13.8. The Morgan fingerprint density at radius 3 is 2.67 bits per heavy atom. The van der Waals surface area contributed by atoms with Crippen molar-refractivity contribution in [1.29, 1.82) is 5.26 Å². The minimum absolute atomic E-state index is 0.0732. The summed E-state index contributed by atoms with van der Waals surface area (Å²) >= 11 is 0. The summed E-state index contributed by atoms with van der Waals surface area (Å²) in [5, 5.41) is 16.6. The zero-order valence-electron chi connectivity index (χ0n) is 6.82. The molecule has 5 nitrogen and oxygen atoms in total. The molecule has 0 spiro atoms. The van der Waals surface area contributed by atoms with Gasteiger partial charge < -0.3 is 5.11 Å². The first-order valence-electron chi connectivity index (χ1n) is 3.49. The Kier molecular flexibility index (Phi) is 4.81. The van der Waals surface area contributed by atoms with Crippen LogP contribution in [0.15, 0.2) is 0 Å². The molecule has 0 saturated heterocycles. The van der Waals surface area contributed by atoms with Crippen LogP contribution in [0.5, 0.6) is 0 Å². The van der Waals surface area contributed by atoms with E-state index in [1.165, 1.54) is 0 Å². The van der Waals surface area contributed by atoms with E-state index >= 15 is 0 Å². The molecule has 0 bridgehead atoms. The summed E-state index contributed by atoms with van der Waals surface area (Å²) in [4.78, 5) is 0. The van der Waals surface area contributed by atoms with Crippen molar-refractivity contribution in [2.75, 3.05) is 12.4 Å². The highest BCUT2D eigenvalue weighted by Crippen LogP contribution is 1.92. The van der Waals surface area contributed by atoms with Gasteiger partial charge in [0.05, 0.1) is 6.07 Å². The molecule has 0 saturated carbocycles. The summed E-state index contributed by atoms with van der Waals surface area (Å²) in [5.74, 6) is -0.539. The van der Waals surface area contributed by atoms with E-state index in [-0.39, 0.29) is 12.6 Å². The fraction of sp³-hybridized carbons (Fsp3) is 0.833. The highest BCUT2D eigenvalue weighted by molar-refractivity contribution is 7.89. The van der Waals surface area contributed by atoms with Gasteiger partial charge in [0.15, 0.2) is 5.75 Å². The summed E-state index contributed by atoms with van der Waals surface area (Å²) in [6, 6.07) is 1.22. The smallest absolute Gasteiger partial charge is 0.225 e. The predicted molar refractivity (Wildman–Crippen MR) is 43.7 cm³/mol. The summed E-state index contributed by atoms with van der Waals surface area (Å²) in [7, 11) is -3.48. The molecule has 2 N–H and O–H groups in total. The van der Waals surface area contributed by atoms with Gasteiger partial charge in [-0.2, -0.15) is 5.26 Å². The molecular weight excluding hydrogens is 180 g/mol. The van der Waals surface area contributed by atoms with Crippen molar-refractivity contribution in [1.82, 2.24) is 4.72 Å². The second-order valence-electron chi connectivity index (χ2n) is 2.45. The number of aliphatic hydroxyl groups is 1. The van der Waals surface area contributed by atoms with Crippen molar-refractivity contribution in [3.8, 4) is 6.07 Å². The van der Waals surface area contributed by atoms with Gasteiger partial charge in [0.1, 0.15) is 0 Å². The van der Waals surface area contributed by atoms with E-state index < -0.39 is 15.8 Å². The molecule has 0 aliphatic heterocycles. The van der Waals surface area contributed by atoms with Crippen LogP contribution in [0.4, 0.5) is 0 Å². The Hall–Kier alpha value is -0.640. The van der Waals surface area contributed by atoms with Gasteiger partial charge in [-0.15, -0.1) is 0 Å². The topological polar surface area (TPSA) is 90.2 Å². The van der Waals surface area contributed by atoms with E-state index in [1.54, 1.807) is 13.0 Å². The van der Waals surface area contributed by atoms with Crippen molar-refractivity contribution in [3.05, 3.63) is 0 Å². The molecule has 1 unspecified atom stereocenters. The first-order valence-corrected chi connectivity index (χ1v) is 5.15. The summed E-state index contributed by atoms with van der Waals surface area (Å²) < 4.78 is 24.0. The first-order chi connectivity index (χ1) is 5.52. The highest BCUT2D eigenvalue weighted by atomic mass is 32.2. The fourth-order valence-corrected chi connectivity index (χ4v) is 1.67. The van der Waals surface area contributed by atoms with E-state index in [0.29, 0.717) is 6.42 Å². The third kappa shape index (κ3) is 5.07. The third-order valence-electron chi connectivity index (χ3n) is 1.20. The molecule has 0 amide bonds. The maximum Gasteiger partial charge on any atom is 0.225 e. The van der Waals surface area contributed by atoms with Gasteiger partial charge in [-0.3, -0.25) is 0 Å². The zero-order valence-corrected chi connectivity index (χ0v) is 7.63. The lowest BCUT2D eigenvalue weighted by atomic mass is 10.3. The number of nitrogens with zero attached hydrogens (tertiary/aromatic N) is 1. The van der Waals surface area contributed by atoms with E-state index in [1.807, 2.05) is 0 Å². The van der Waals surface area contributed by atoms with Crippen LogP contribution in [-0.4, -0.2) is 31.9 Å². The van der Waals surface area contributed by atoms with Crippen LogP contribution in [0.1, 0.15) is 13.3 Å². The monoisotopic (exact) mass is 192 g/mol. The van der Waals surface area contributed by atoms with Gasteiger partial charge in [0.25, 0.3) is 0 Å². The molecule has 0 rings (SSSR count). The summed E-state index contributed by atoms with van der Waals surface area (Å²) in [6.07, 6.45) is 0.352. The van der Waals surface area contributed by atoms with Crippen molar-refractivity contribution in [3.63, 3.8) is 0 Å². The Morgan fingerprint density at radius 1 is 1.67 bits per heavy atom. The Labute approximate surface area is 72.1 Å². The maximum absolute atomic E-state index is 10.9. The van der Waals surface area contributed by atoms with Crippen LogP contribution >= 0.6 is 0 Å². The van der Waals surface area contributed by atoms with E-state index in [4.69, 9.17) is 10.4 Å². The highest BCUT2D eigenvalue weighted by Gasteiger charge is 2.12. The lowest BCUT2D eigenvalue weighted by Gasteiger charge is -2.10. The number of nitrogens with one attached hydrogen (secondary N) is 1. The fourth-order valence-electron chi connectivity index (χ4n) is 0.686. The largest absolute Gasteiger partial charge is 0.396 e. The van der Waals surface area contributed by atoms with Crippen molar-refractivity contribution in [2.24, 2.45) is 0 Å². The van der Waals surface area contributed by atoms with Crippen molar-refractivity contribution >= 4 is 10.0 Å². The molecule has 0 aliphatic rings. The zero-order chi connectivity index (χ0) is 9.61. The number of hydrogen-bond acceptors (Lipinski definition) is 4. The Balaban J connectivity index is 3.99. The van der Waals surface area contributed by atoms with Crippen LogP contribution in [0, 0.1) is 11.3 Å². The SMILES string of the molecule is CC(CCO)NS(=O)(=O)CC#N. The van der Waals surface area contributed by atoms with Gasteiger partial charge >= 0.3 is 0 Å². The van der Waals surface area contributed by atoms with Crippen molar-refractivity contribution < 1.29 is 13.5 Å². The molecule has 70 valence electrons. The molecule has 0 aromatic rings. The van der Waals surface area contributed by atoms with E-state index in [2.05, 4.69) is 4.72 Å². The number of sulfonamides is 1.